The summed E-state index contributed by atoms with van der Waals surface area (Å²) in [5.74, 6) is 0.527. The number of carboxylic acid groups (broad SMARTS) is 1. The average molecular weight is 379 g/mol. The Morgan fingerprint density at radius 3 is 2.81 bits per heavy atom. The lowest BCUT2D eigenvalue weighted by Gasteiger charge is -2.19. The number of benzene rings is 3. The Hall–Kier alpha value is -2.50. The Balaban J connectivity index is 1.68. The lowest BCUT2D eigenvalue weighted by atomic mass is 10.0. The monoisotopic (exact) mass is 379 g/mol. The largest absolute Gasteiger partial charge is 0.489 e. The van der Waals surface area contributed by atoms with Crippen LogP contribution in [-0.4, -0.2) is 22.9 Å². The van der Waals surface area contributed by atoms with Gasteiger partial charge >= 0.3 is 5.97 Å². The van der Waals surface area contributed by atoms with E-state index in [0.717, 1.165) is 27.6 Å². The molecular formula is C22H21NO3S. The predicted molar refractivity (Wildman–Crippen MR) is 109 cm³/mol. The molecule has 3 aromatic rings. The van der Waals surface area contributed by atoms with E-state index in [1.54, 1.807) is 11.8 Å². The van der Waals surface area contributed by atoms with E-state index in [1.807, 2.05) is 24.3 Å². The first-order valence-corrected chi connectivity index (χ1v) is 9.97. The third kappa shape index (κ3) is 3.80. The van der Waals surface area contributed by atoms with Crippen molar-refractivity contribution >= 4 is 28.5 Å². The Labute approximate surface area is 162 Å². The fraction of sp³-hybridized carbons (Fsp3) is 0.227. The minimum atomic E-state index is -0.813. The molecule has 2 unspecified atom stereocenters. The standard InChI is InChI=1S/C22H21NO3S/c1-14-5-4-6-15(11-14)12-26-19-10-9-16-7-2-3-8-17(16)20(19)21-23-18(13-27-21)22(24)25/h2-11,18,21,23H,12-13H2,1H3,(H,24,25). The smallest absolute Gasteiger partial charge is 0.321 e. The van der Waals surface area contributed by atoms with Gasteiger partial charge in [-0.05, 0) is 29.3 Å². The highest BCUT2D eigenvalue weighted by molar-refractivity contribution is 7.99. The molecule has 4 rings (SSSR count). The lowest BCUT2D eigenvalue weighted by Crippen LogP contribution is -2.33. The van der Waals surface area contributed by atoms with Crippen LogP contribution in [0.3, 0.4) is 0 Å². The van der Waals surface area contributed by atoms with Gasteiger partial charge in [0.05, 0.1) is 5.37 Å². The quantitative estimate of drug-likeness (QED) is 0.683. The molecule has 5 heteroatoms. The summed E-state index contributed by atoms with van der Waals surface area (Å²) in [7, 11) is 0. The summed E-state index contributed by atoms with van der Waals surface area (Å²) < 4.78 is 6.19. The third-order valence-electron chi connectivity index (χ3n) is 4.75. The third-order valence-corrected chi connectivity index (χ3v) is 5.98. The van der Waals surface area contributed by atoms with Crippen molar-refractivity contribution in [2.75, 3.05) is 5.75 Å². The number of nitrogens with one attached hydrogen (secondary N) is 1. The second-order valence-corrected chi connectivity index (χ2v) is 7.89. The van der Waals surface area contributed by atoms with Gasteiger partial charge in [-0.3, -0.25) is 10.1 Å². The number of thioether (sulfide) groups is 1. The molecule has 138 valence electrons. The molecule has 1 fully saturated rings. The first kappa shape index (κ1) is 17.9. The minimum absolute atomic E-state index is 0.107. The molecule has 0 amide bonds. The Kier molecular flexibility index (Phi) is 5.05. The Morgan fingerprint density at radius 1 is 1.19 bits per heavy atom. The normalized spacial score (nSPS) is 19.3. The molecule has 0 spiro atoms. The zero-order valence-corrected chi connectivity index (χ0v) is 15.8. The van der Waals surface area contributed by atoms with E-state index in [9.17, 15) is 9.90 Å². The van der Waals surface area contributed by atoms with Crippen molar-refractivity contribution in [3.63, 3.8) is 0 Å². The molecule has 1 heterocycles. The summed E-state index contributed by atoms with van der Waals surface area (Å²) in [4.78, 5) is 11.4. The van der Waals surface area contributed by atoms with Gasteiger partial charge in [-0.1, -0.05) is 60.2 Å². The fourth-order valence-electron chi connectivity index (χ4n) is 3.42. The molecule has 0 saturated carbocycles. The van der Waals surface area contributed by atoms with Gasteiger partial charge in [0, 0.05) is 11.3 Å². The van der Waals surface area contributed by atoms with Crippen LogP contribution in [0.1, 0.15) is 22.1 Å². The van der Waals surface area contributed by atoms with Gasteiger partial charge in [0.2, 0.25) is 0 Å². The maximum atomic E-state index is 11.4. The Bertz CT molecular complexity index is 988. The molecule has 2 atom stereocenters. The molecule has 1 aliphatic heterocycles. The van der Waals surface area contributed by atoms with E-state index >= 15 is 0 Å². The number of hydrogen-bond donors (Lipinski definition) is 2. The maximum absolute atomic E-state index is 11.4. The number of ether oxygens (including phenoxy) is 1. The van der Waals surface area contributed by atoms with Crippen LogP contribution in [0.5, 0.6) is 5.75 Å². The van der Waals surface area contributed by atoms with Gasteiger partial charge in [0.1, 0.15) is 18.4 Å². The molecule has 0 bridgehead atoms. The number of carboxylic acids is 1. The number of hydrogen-bond acceptors (Lipinski definition) is 4. The van der Waals surface area contributed by atoms with Gasteiger partial charge in [-0.25, -0.2) is 0 Å². The highest BCUT2D eigenvalue weighted by Gasteiger charge is 2.33. The number of fused-ring (bicyclic) bond motifs is 1. The van der Waals surface area contributed by atoms with Gasteiger partial charge in [-0.15, -0.1) is 11.8 Å². The van der Waals surface area contributed by atoms with E-state index in [4.69, 9.17) is 4.74 Å². The van der Waals surface area contributed by atoms with Crippen molar-refractivity contribution in [1.29, 1.82) is 0 Å². The van der Waals surface area contributed by atoms with Crippen LogP contribution in [-0.2, 0) is 11.4 Å². The van der Waals surface area contributed by atoms with Gasteiger partial charge < -0.3 is 9.84 Å². The highest BCUT2D eigenvalue weighted by Crippen LogP contribution is 2.42. The number of aliphatic carboxylic acids is 1. The minimum Gasteiger partial charge on any atom is -0.489 e. The SMILES string of the molecule is Cc1cccc(COc2ccc3ccccc3c2C2NC(C(=O)O)CS2)c1. The van der Waals surface area contributed by atoms with Crippen LogP contribution in [0, 0.1) is 6.92 Å². The molecule has 1 aliphatic rings. The summed E-state index contributed by atoms with van der Waals surface area (Å²) in [5.41, 5.74) is 3.34. The van der Waals surface area contributed by atoms with Crippen molar-refractivity contribution in [3.8, 4) is 5.75 Å². The number of rotatable bonds is 5. The summed E-state index contributed by atoms with van der Waals surface area (Å²) in [6.07, 6.45) is 0. The molecule has 3 aromatic carbocycles. The van der Waals surface area contributed by atoms with Crippen molar-refractivity contribution in [2.45, 2.75) is 24.9 Å². The van der Waals surface area contributed by atoms with Crippen molar-refractivity contribution in [2.24, 2.45) is 0 Å². The van der Waals surface area contributed by atoms with E-state index in [2.05, 4.69) is 48.6 Å². The summed E-state index contributed by atoms with van der Waals surface area (Å²) >= 11 is 1.61. The van der Waals surface area contributed by atoms with Crippen LogP contribution < -0.4 is 10.1 Å². The van der Waals surface area contributed by atoms with Crippen molar-refractivity contribution in [1.82, 2.24) is 5.32 Å². The predicted octanol–water partition coefficient (Wildman–Crippen LogP) is 4.52. The Morgan fingerprint density at radius 2 is 2.04 bits per heavy atom. The lowest BCUT2D eigenvalue weighted by molar-refractivity contribution is -0.138. The van der Waals surface area contributed by atoms with Gasteiger partial charge in [0.15, 0.2) is 0 Å². The van der Waals surface area contributed by atoms with Gasteiger partial charge in [-0.2, -0.15) is 0 Å². The van der Waals surface area contributed by atoms with Crippen LogP contribution in [0.15, 0.2) is 60.7 Å². The first-order chi connectivity index (χ1) is 13.1. The second-order valence-electron chi connectivity index (χ2n) is 6.75. The molecule has 2 N–H and O–H groups in total. The summed E-state index contributed by atoms with van der Waals surface area (Å²) in [6.45, 7) is 2.54. The number of aryl methyl sites for hydroxylation is 1. The topological polar surface area (TPSA) is 58.6 Å². The summed E-state index contributed by atoms with van der Waals surface area (Å²) in [5, 5.41) is 14.7. The van der Waals surface area contributed by atoms with Gasteiger partial charge in [0.25, 0.3) is 0 Å². The fourth-order valence-corrected chi connectivity index (χ4v) is 4.71. The van der Waals surface area contributed by atoms with E-state index in [0.29, 0.717) is 12.4 Å². The maximum Gasteiger partial charge on any atom is 0.321 e. The average Bonchev–Trinajstić information content (AvgIpc) is 3.16. The molecule has 4 nitrogen and oxygen atoms in total. The van der Waals surface area contributed by atoms with Crippen molar-refractivity contribution in [3.05, 3.63) is 77.4 Å². The van der Waals surface area contributed by atoms with Crippen LogP contribution in [0.4, 0.5) is 0 Å². The molecule has 0 aromatic heterocycles. The van der Waals surface area contributed by atoms with Crippen molar-refractivity contribution < 1.29 is 14.6 Å². The molecule has 1 saturated heterocycles. The second kappa shape index (κ2) is 7.62. The van der Waals surface area contributed by atoms with E-state index in [1.165, 1.54) is 5.56 Å². The van der Waals surface area contributed by atoms with E-state index < -0.39 is 12.0 Å². The molecule has 0 aliphatic carbocycles. The summed E-state index contributed by atoms with van der Waals surface area (Å²) in [6, 6.07) is 19.9. The van der Waals surface area contributed by atoms with Crippen LogP contribution in [0.25, 0.3) is 10.8 Å². The van der Waals surface area contributed by atoms with E-state index in [-0.39, 0.29) is 5.37 Å². The van der Waals surface area contributed by atoms with Crippen LogP contribution >= 0.6 is 11.8 Å². The number of carbonyl (C=O) groups is 1. The highest BCUT2D eigenvalue weighted by atomic mass is 32.2. The first-order valence-electron chi connectivity index (χ1n) is 8.92. The molecule has 27 heavy (non-hydrogen) atoms. The molecule has 0 radical (unpaired) electrons. The zero-order valence-electron chi connectivity index (χ0n) is 15.0. The molecular weight excluding hydrogens is 358 g/mol. The zero-order chi connectivity index (χ0) is 18.8. The van der Waals surface area contributed by atoms with Crippen LogP contribution in [0.2, 0.25) is 0 Å².